The maximum atomic E-state index is 10.3. The number of nitrogens with zero attached hydrogens (tertiary/aromatic N) is 2. The van der Waals surface area contributed by atoms with Crippen molar-refractivity contribution in [2.75, 3.05) is 11.5 Å². The minimum atomic E-state index is -1.06. The molecule has 0 amide bonds. The number of halogens is 2. The van der Waals surface area contributed by atoms with Crippen LogP contribution in [0.3, 0.4) is 0 Å². The van der Waals surface area contributed by atoms with E-state index in [0.29, 0.717) is 20.6 Å². The third-order valence-corrected chi connectivity index (χ3v) is 3.18. The Morgan fingerprint density at radius 3 is 2.16 bits per heavy atom. The van der Waals surface area contributed by atoms with E-state index in [1.54, 1.807) is 18.3 Å². The lowest BCUT2D eigenvalue weighted by Gasteiger charge is -1.97. The summed E-state index contributed by atoms with van der Waals surface area (Å²) in [5.41, 5.74) is 11.9. The molecule has 2 rings (SSSR count). The van der Waals surface area contributed by atoms with E-state index in [1.165, 1.54) is 12.1 Å². The van der Waals surface area contributed by atoms with Crippen LogP contribution in [0.5, 0.6) is 0 Å². The Balaban J connectivity index is 0.000000200. The lowest BCUT2D eigenvalue weighted by atomic mass is 10.3. The number of pyridine rings is 2. The van der Waals surface area contributed by atoms with Crippen LogP contribution < -0.4 is 11.5 Å². The molecular formula is C11H10Br2N4O2. The molecule has 0 aliphatic carbocycles. The third-order valence-electron chi connectivity index (χ3n) is 1.88. The van der Waals surface area contributed by atoms with Crippen LogP contribution in [0.15, 0.2) is 39.7 Å². The smallest absolute Gasteiger partial charge is 0.354 e. The summed E-state index contributed by atoms with van der Waals surface area (Å²) in [4.78, 5) is 17.9. The summed E-state index contributed by atoms with van der Waals surface area (Å²) in [6.07, 6.45) is 1.68. The highest BCUT2D eigenvalue weighted by atomic mass is 79.9. The second kappa shape index (κ2) is 7.05. The summed E-state index contributed by atoms with van der Waals surface area (Å²) in [6.45, 7) is 0. The Morgan fingerprint density at radius 1 is 1.11 bits per heavy atom. The van der Waals surface area contributed by atoms with E-state index >= 15 is 0 Å². The van der Waals surface area contributed by atoms with Crippen molar-refractivity contribution in [3.05, 3.63) is 45.4 Å². The van der Waals surface area contributed by atoms with Crippen LogP contribution in [0.25, 0.3) is 0 Å². The highest BCUT2D eigenvalue weighted by Gasteiger charge is 2.05. The SMILES string of the molecule is Nc1ccc(C(=O)O)nc1Br.Nc1cccnc1Br. The first-order valence-electron chi connectivity index (χ1n) is 4.93. The molecule has 0 aliphatic rings. The Hall–Kier alpha value is -1.67. The van der Waals surface area contributed by atoms with Gasteiger partial charge in [-0.05, 0) is 56.1 Å². The molecule has 0 atom stereocenters. The molecule has 0 unspecified atom stereocenters. The molecule has 2 aromatic rings. The zero-order valence-corrected chi connectivity index (χ0v) is 12.7. The number of hydrogen-bond donors (Lipinski definition) is 3. The van der Waals surface area contributed by atoms with E-state index in [2.05, 4.69) is 41.8 Å². The molecule has 0 saturated heterocycles. The van der Waals surface area contributed by atoms with Gasteiger partial charge in [-0.1, -0.05) is 0 Å². The molecule has 0 saturated carbocycles. The highest BCUT2D eigenvalue weighted by molar-refractivity contribution is 9.10. The first-order valence-corrected chi connectivity index (χ1v) is 6.51. The average Bonchev–Trinajstić information content (AvgIpc) is 2.37. The summed E-state index contributed by atoms with van der Waals surface area (Å²) in [7, 11) is 0. The molecule has 5 N–H and O–H groups in total. The second-order valence-electron chi connectivity index (χ2n) is 3.27. The van der Waals surface area contributed by atoms with Crippen molar-refractivity contribution in [3.8, 4) is 0 Å². The normalized spacial score (nSPS) is 9.37. The van der Waals surface area contributed by atoms with Crippen molar-refractivity contribution in [1.82, 2.24) is 9.97 Å². The van der Waals surface area contributed by atoms with E-state index < -0.39 is 5.97 Å². The van der Waals surface area contributed by atoms with E-state index in [-0.39, 0.29) is 5.69 Å². The van der Waals surface area contributed by atoms with Crippen LogP contribution in [0.1, 0.15) is 10.5 Å². The van der Waals surface area contributed by atoms with Gasteiger partial charge < -0.3 is 16.6 Å². The topological polar surface area (TPSA) is 115 Å². The molecule has 19 heavy (non-hydrogen) atoms. The van der Waals surface area contributed by atoms with Crippen molar-refractivity contribution < 1.29 is 9.90 Å². The van der Waals surface area contributed by atoms with Gasteiger partial charge in [-0.3, -0.25) is 0 Å². The molecule has 2 aromatic heterocycles. The zero-order valence-electron chi connectivity index (χ0n) is 9.55. The number of carboxylic acids is 1. The van der Waals surface area contributed by atoms with Crippen molar-refractivity contribution >= 4 is 49.2 Å². The van der Waals surface area contributed by atoms with Crippen LogP contribution >= 0.6 is 31.9 Å². The quantitative estimate of drug-likeness (QED) is 0.645. The number of carbonyl (C=O) groups is 1. The number of aromatic nitrogens is 2. The van der Waals surface area contributed by atoms with Crippen LogP contribution in [-0.4, -0.2) is 21.0 Å². The number of nitrogens with two attached hydrogens (primary N) is 2. The van der Waals surface area contributed by atoms with E-state index in [1.807, 2.05) is 0 Å². The lowest BCUT2D eigenvalue weighted by molar-refractivity contribution is 0.0690. The maximum Gasteiger partial charge on any atom is 0.354 e. The Morgan fingerprint density at radius 2 is 1.74 bits per heavy atom. The fourth-order valence-corrected chi connectivity index (χ4v) is 1.54. The average molecular weight is 390 g/mol. The van der Waals surface area contributed by atoms with Gasteiger partial charge in [0.05, 0.1) is 11.4 Å². The van der Waals surface area contributed by atoms with Gasteiger partial charge in [-0.25, -0.2) is 14.8 Å². The minimum absolute atomic E-state index is 0.0222. The molecule has 0 radical (unpaired) electrons. The predicted octanol–water partition coefficient (Wildman–Crippen LogP) is 2.55. The number of rotatable bonds is 1. The number of carboxylic acid groups (broad SMARTS) is 1. The number of hydrogen-bond acceptors (Lipinski definition) is 5. The number of aromatic carboxylic acids is 1. The third kappa shape index (κ3) is 4.84. The van der Waals surface area contributed by atoms with E-state index in [4.69, 9.17) is 16.6 Å². The van der Waals surface area contributed by atoms with Crippen molar-refractivity contribution in [1.29, 1.82) is 0 Å². The molecule has 0 aliphatic heterocycles. The van der Waals surface area contributed by atoms with Crippen molar-refractivity contribution in [2.45, 2.75) is 0 Å². The van der Waals surface area contributed by atoms with Crippen LogP contribution in [0.2, 0.25) is 0 Å². The summed E-state index contributed by atoms with van der Waals surface area (Å²) >= 11 is 6.17. The molecule has 0 spiro atoms. The summed E-state index contributed by atoms with van der Waals surface area (Å²) < 4.78 is 1.07. The molecule has 8 heteroatoms. The Bertz CT molecular complexity index is 572. The lowest BCUT2D eigenvalue weighted by Crippen LogP contribution is -2.01. The Labute approximate surface area is 126 Å². The van der Waals surface area contributed by atoms with Crippen LogP contribution in [-0.2, 0) is 0 Å². The van der Waals surface area contributed by atoms with Gasteiger partial charge in [0.2, 0.25) is 0 Å². The predicted molar refractivity (Wildman–Crippen MR) is 79.7 cm³/mol. The molecule has 0 bridgehead atoms. The molecular weight excluding hydrogens is 380 g/mol. The fraction of sp³-hybridized carbons (Fsp3) is 0. The van der Waals surface area contributed by atoms with Crippen LogP contribution in [0.4, 0.5) is 11.4 Å². The van der Waals surface area contributed by atoms with Gasteiger partial charge in [0.1, 0.15) is 14.9 Å². The van der Waals surface area contributed by atoms with E-state index in [9.17, 15) is 4.79 Å². The van der Waals surface area contributed by atoms with Gasteiger partial charge in [0.25, 0.3) is 0 Å². The monoisotopic (exact) mass is 388 g/mol. The molecule has 100 valence electrons. The van der Waals surface area contributed by atoms with Crippen LogP contribution in [0, 0.1) is 0 Å². The van der Waals surface area contributed by atoms with Gasteiger partial charge >= 0.3 is 5.97 Å². The minimum Gasteiger partial charge on any atom is -0.477 e. The summed E-state index contributed by atoms with van der Waals surface area (Å²) in [6, 6.07) is 6.42. The molecule has 2 heterocycles. The zero-order chi connectivity index (χ0) is 14.4. The fourth-order valence-electron chi connectivity index (χ4n) is 0.963. The number of nitrogen functional groups attached to an aromatic ring is 2. The molecule has 0 fully saturated rings. The van der Waals surface area contributed by atoms with Gasteiger partial charge in [-0.15, -0.1) is 0 Å². The molecule has 0 aromatic carbocycles. The standard InChI is InChI=1S/C6H5BrN2O2.C5H5BrN2/c7-5-3(8)1-2-4(9-5)6(10)11;6-5-4(7)2-1-3-8-5/h1-2H,8H2,(H,10,11);1-3H,7H2. The van der Waals surface area contributed by atoms with Gasteiger partial charge in [0.15, 0.2) is 0 Å². The van der Waals surface area contributed by atoms with Gasteiger partial charge in [-0.2, -0.15) is 0 Å². The highest BCUT2D eigenvalue weighted by Crippen LogP contribution is 2.16. The summed E-state index contributed by atoms with van der Waals surface area (Å²) in [5.74, 6) is -1.06. The van der Waals surface area contributed by atoms with Crippen molar-refractivity contribution in [3.63, 3.8) is 0 Å². The first kappa shape index (κ1) is 15.4. The largest absolute Gasteiger partial charge is 0.477 e. The number of anilines is 2. The summed E-state index contributed by atoms with van der Waals surface area (Å²) in [5, 5.41) is 8.48. The van der Waals surface area contributed by atoms with Crippen molar-refractivity contribution in [2.24, 2.45) is 0 Å². The second-order valence-corrected chi connectivity index (χ2v) is 4.77. The first-order chi connectivity index (χ1) is 8.91. The Kier molecular flexibility index (Phi) is 5.71. The maximum absolute atomic E-state index is 10.3. The molecule has 6 nitrogen and oxygen atoms in total. The van der Waals surface area contributed by atoms with Gasteiger partial charge in [0, 0.05) is 6.20 Å². The van der Waals surface area contributed by atoms with E-state index in [0.717, 1.165) is 0 Å².